The van der Waals surface area contributed by atoms with Gasteiger partial charge in [-0.05, 0) is 28.6 Å². The second-order valence-electron chi connectivity index (χ2n) is 5.47. The largest absolute Gasteiger partial charge is 0.324 e. The highest BCUT2D eigenvalue weighted by atomic mass is 19.1. The molecule has 0 saturated heterocycles. The molecule has 1 heterocycles. The first-order valence-corrected chi connectivity index (χ1v) is 6.18. The summed E-state index contributed by atoms with van der Waals surface area (Å²) in [5, 5.41) is 13.9. The lowest BCUT2D eigenvalue weighted by atomic mass is 9.96. The van der Waals surface area contributed by atoms with Crippen molar-refractivity contribution < 1.29 is 9.18 Å². The lowest BCUT2D eigenvalue weighted by molar-refractivity contribution is -0.117. The van der Waals surface area contributed by atoms with Crippen molar-refractivity contribution >= 4 is 11.6 Å². The molecule has 0 spiro atoms. The van der Waals surface area contributed by atoms with Gasteiger partial charge in [0.15, 0.2) is 5.82 Å². The van der Waals surface area contributed by atoms with Gasteiger partial charge in [-0.3, -0.25) is 4.79 Å². The molecule has 6 nitrogen and oxygen atoms in total. The number of carbonyl (C=O) groups is 1. The number of hydrogen-bond acceptors (Lipinski definition) is 4. The van der Waals surface area contributed by atoms with E-state index in [4.69, 9.17) is 0 Å². The van der Waals surface area contributed by atoms with E-state index in [9.17, 15) is 9.18 Å². The van der Waals surface area contributed by atoms with E-state index in [1.165, 1.54) is 22.9 Å². The summed E-state index contributed by atoms with van der Waals surface area (Å²) in [6.07, 6.45) is 0. The van der Waals surface area contributed by atoms with E-state index >= 15 is 0 Å². The van der Waals surface area contributed by atoms with Crippen molar-refractivity contribution in [2.45, 2.75) is 32.7 Å². The molecular formula is C13H16FN5O. The van der Waals surface area contributed by atoms with E-state index in [1.807, 2.05) is 20.8 Å². The summed E-state index contributed by atoms with van der Waals surface area (Å²) >= 11 is 0. The van der Waals surface area contributed by atoms with E-state index in [0.29, 0.717) is 11.5 Å². The lowest BCUT2D eigenvalue weighted by Gasteiger charge is -2.16. The number of tetrazole rings is 1. The molecule has 0 atom stereocenters. The third kappa shape index (κ3) is 3.37. The lowest BCUT2D eigenvalue weighted by Crippen LogP contribution is -2.25. The monoisotopic (exact) mass is 277 g/mol. The molecule has 0 saturated carbocycles. The highest BCUT2D eigenvalue weighted by molar-refractivity contribution is 5.90. The highest BCUT2D eigenvalue weighted by Crippen LogP contribution is 2.18. The molecule has 0 unspecified atom stereocenters. The Bertz CT molecular complexity index is 617. The summed E-state index contributed by atoms with van der Waals surface area (Å²) in [5.41, 5.74) is 0.142. The highest BCUT2D eigenvalue weighted by Gasteiger charge is 2.23. The van der Waals surface area contributed by atoms with Crippen molar-refractivity contribution in [2.24, 2.45) is 0 Å². The molecule has 20 heavy (non-hydrogen) atoms. The maximum absolute atomic E-state index is 13.0. The molecule has 0 radical (unpaired) electrons. The summed E-state index contributed by atoms with van der Waals surface area (Å²) in [6.45, 7) is 5.86. The van der Waals surface area contributed by atoms with Gasteiger partial charge in [-0.1, -0.05) is 26.8 Å². The van der Waals surface area contributed by atoms with Gasteiger partial charge in [-0.15, -0.1) is 5.10 Å². The van der Waals surface area contributed by atoms with E-state index in [-0.39, 0.29) is 17.9 Å². The molecule has 0 bridgehead atoms. The fourth-order valence-electron chi connectivity index (χ4n) is 1.75. The van der Waals surface area contributed by atoms with Gasteiger partial charge >= 0.3 is 0 Å². The second-order valence-corrected chi connectivity index (χ2v) is 5.47. The Morgan fingerprint density at radius 2 is 2.15 bits per heavy atom. The summed E-state index contributed by atoms with van der Waals surface area (Å²) in [4.78, 5) is 11.9. The first kappa shape index (κ1) is 14.1. The zero-order chi connectivity index (χ0) is 14.8. The topological polar surface area (TPSA) is 72.7 Å². The molecule has 0 aliphatic carbocycles. The zero-order valence-electron chi connectivity index (χ0n) is 11.6. The Morgan fingerprint density at radius 1 is 1.40 bits per heavy atom. The number of aromatic nitrogens is 4. The van der Waals surface area contributed by atoms with Gasteiger partial charge in [-0.25, -0.2) is 9.07 Å². The molecule has 1 aromatic heterocycles. The second kappa shape index (κ2) is 5.36. The van der Waals surface area contributed by atoms with Gasteiger partial charge in [-0.2, -0.15) is 0 Å². The van der Waals surface area contributed by atoms with Crippen molar-refractivity contribution in [1.82, 2.24) is 20.2 Å². The Labute approximate surface area is 116 Å². The van der Waals surface area contributed by atoms with Crippen molar-refractivity contribution in [3.8, 4) is 0 Å². The number of halogens is 1. The third-order valence-corrected chi connectivity index (χ3v) is 2.60. The van der Waals surface area contributed by atoms with Crippen LogP contribution < -0.4 is 5.32 Å². The van der Waals surface area contributed by atoms with Crippen LogP contribution in [0.15, 0.2) is 24.3 Å². The number of carbonyl (C=O) groups excluding carboxylic acids is 1. The summed E-state index contributed by atoms with van der Waals surface area (Å²) in [7, 11) is 0. The number of nitrogens with one attached hydrogen (secondary N) is 1. The maximum atomic E-state index is 13.0. The number of rotatable bonds is 3. The van der Waals surface area contributed by atoms with E-state index < -0.39 is 5.82 Å². The molecule has 106 valence electrons. The van der Waals surface area contributed by atoms with Crippen molar-refractivity contribution in [1.29, 1.82) is 0 Å². The van der Waals surface area contributed by atoms with E-state index in [2.05, 4.69) is 20.8 Å². The van der Waals surface area contributed by atoms with Crippen LogP contribution in [0.25, 0.3) is 0 Å². The van der Waals surface area contributed by atoms with Gasteiger partial charge in [0, 0.05) is 11.1 Å². The van der Waals surface area contributed by atoms with Crippen LogP contribution in [0.2, 0.25) is 0 Å². The summed E-state index contributed by atoms with van der Waals surface area (Å²) < 4.78 is 14.5. The molecule has 1 N–H and O–H groups in total. The predicted octanol–water partition coefficient (Wildman–Crippen LogP) is 1.75. The first-order chi connectivity index (χ1) is 9.36. The van der Waals surface area contributed by atoms with Crippen molar-refractivity contribution in [2.75, 3.05) is 5.32 Å². The van der Waals surface area contributed by atoms with Crippen molar-refractivity contribution in [3.05, 3.63) is 35.9 Å². The predicted molar refractivity (Wildman–Crippen MR) is 71.5 cm³/mol. The van der Waals surface area contributed by atoms with Crippen LogP contribution in [0.4, 0.5) is 10.1 Å². The molecule has 2 aromatic rings. The van der Waals surface area contributed by atoms with Crippen LogP contribution in [0, 0.1) is 5.82 Å². The maximum Gasteiger partial charge on any atom is 0.246 e. The minimum Gasteiger partial charge on any atom is -0.324 e. The molecule has 0 aliphatic rings. The third-order valence-electron chi connectivity index (χ3n) is 2.60. The van der Waals surface area contributed by atoms with E-state index in [0.717, 1.165) is 0 Å². The van der Waals surface area contributed by atoms with Crippen LogP contribution in [-0.2, 0) is 16.8 Å². The van der Waals surface area contributed by atoms with Crippen LogP contribution in [-0.4, -0.2) is 26.1 Å². The number of benzene rings is 1. The summed E-state index contributed by atoms with van der Waals surface area (Å²) in [6, 6.07) is 5.71. The SMILES string of the molecule is CC(C)(C)c1nnnn1CC(=O)Nc1cccc(F)c1. The minimum atomic E-state index is -0.402. The average Bonchev–Trinajstić information content (AvgIpc) is 2.76. The Morgan fingerprint density at radius 3 is 2.80 bits per heavy atom. The Balaban J connectivity index is 2.08. The van der Waals surface area contributed by atoms with Crippen molar-refractivity contribution in [3.63, 3.8) is 0 Å². The van der Waals surface area contributed by atoms with Crippen LogP contribution in [0.5, 0.6) is 0 Å². The molecule has 2 rings (SSSR count). The van der Waals surface area contributed by atoms with Gasteiger partial charge in [0.2, 0.25) is 5.91 Å². The average molecular weight is 277 g/mol. The number of amides is 1. The summed E-state index contributed by atoms with van der Waals surface area (Å²) in [5.74, 6) is -0.0964. The zero-order valence-corrected chi connectivity index (χ0v) is 11.6. The normalized spacial score (nSPS) is 11.4. The fourth-order valence-corrected chi connectivity index (χ4v) is 1.75. The minimum absolute atomic E-state index is 0.0177. The standard InChI is InChI=1S/C13H16FN5O/c1-13(2,3)12-16-17-18-19(12)8-11(20)15-10-6-4-5-9(14)7-10/h4-7H,8H2,1-3H3,(H,15,20). The molecule has 1 amide bonds. The fraction of sp³-hybridized carbons (Fsp3) is 0.385. The van der Waals surface area contributed by atoms with Gasteiger partial charge < -0.3 is 5.32 Å². The number of hydrogen-bond donors (Lipinski definition) is 1. The van der Waals surface area contributed by atoms with Gasteiger partial charge in [0.1, 0.15) is 12.4 Å². The van der Waals surface area contributed by atoms with Crippen LogP contribution in [0.3, 0.4) is 0 Å². The molecule has 0 fully saturated rings. The quantitative estimate of drug-likeness (QED) is 0.927. The number of nitrogens with zero attached hydrogens (tertiary/aromatic N) is 4. The van der Waals surface area contributed by atoms with Gasteiger partial charge in [0.25, 0.3) is 0 Å². The smallest absolute Gasteiger partial charge is 0.246 e. The van der Waals surface area contributed by atoms with E-state index in [1.54, 1.807) is 6.07 Å². The van der Waals surface area contributed by atoms with Crippen LogP contribution in [0.1, 0.15) is 26.6 Å². The molecule has 0 aliphatic heterocycles. The molecule has 1 aromatic carbocycles. The van der Waals surface area contributed by atoms with Crippen LogP contribution >= 0.6 is 0 Å². The van der Waals surface area contributed by atoms with Gasteiger partial charge in [0.05, 0.1) is 0 Å². The molecule has 7 heteroatoms. The molecular weight excluding hydrogens is 261 g/mol. The Kier molecular flexibility index (Phi) is 3.78. The number of anilines is 1. The first-order valence-electron chi connectivity index (χ1n) is 6.18. The Hall–Kier alpha value is -2.31.